The number of unbranched alkanes of at least 4 members (excludes halogenated alkanes) is 1. The standard InChI is InChI=1S/C15H21F4N/c1-11(2)10-20-8-4-3-5-12-6-7-14(16)13(9-12)15(17,18)19/h6-7,9,11,20H,3-5,8,10H2,1-2H3. The highest BCUT2D eigenvalue weighted by atomic mass is 19.4. The molecular formula is C15H21F4N. The van der Waals surface area contributed by atoms with Gasteiger partial charge in [0.05, 0.1) is 5.56 Å². The lowest BCUT2D eigenvalue weighted by Gasteiger charge is -2.10. The van der Waals surface area contributed by atoms with E-state index < -0.39 is 17.6 Å². The minimum Gasteiger partial charge on any atom is -0.316 e. The number of aryl methyl sites for hydroxylation is 1. The van der Waals surface area contributed by atoms with Crippen LogP contribution < -0.4 is 5.32 Å². The Kier molecular flexibility index (Phi) is 6.46. The molecule has 0 aliphatic rings. The Labute approximate surface area is 117 Å². The molecule has 114 valence electrons. The summed E-state index contributed by atoms with van der Waals surface area (Å²) >= 11 is 0. The Morgan fingerprint density at radius 3 is 2.45 bits per heavy atom. The molecule has 20 heavy (non-hydrogen) atoms. The zero-order valence-corrected chi connectivity index (χ0v) is 11.9. The molecule has 1 rings (SSSR count). The first-order chi connectivity index (χ1) is 9.30. The summed E-state index contributed by atoms with van der Waals surface area (Å²) < 4.78 is 50.7. The van der Waals surface area contributed by atoms with Gasteiger partial charge >= 0.3 is 6.18 Å². The summed E-state index contributed by atoms with van der Waals surface area (Å²) in [6.07, 6.45) is -2.41. The molecule has 0 aliphatic carbocycles. The highest BCUT2D eigenvalue weighted by Crippen LogP contribution is 2.32. The van der Waals surface area contributed by atoms with Crippen molar-refractivity contribution in [2.75, 3.05) is 13.1 Å². The number of hydrogen-bond donors (Lipinski definition) is 1. The van der Waals surface area contributed by atoms with Crippen LogP contribution in [-0.2, 0) is 12.6 Å². The predicted octanol–water partition coefficient (Wildman–Crippen LogP) is 4.41. The molecule has 0 radical (unpaired) electrons. The molecule has 0 bridgehead atoms. The third-order valence-electron chi connectivity index (χ3n) is 2.96. The molecule has 0 aliphatic heterocycles. The molecule has 0 aromatic heterocycles. The van der Waals surface area contributed by atoms with Gasteiger partial charge in [0.2, 0.25) is 0 Å². The van der Waals surface area contributed by atoms with Gasteiger partial charge in [0.25, 0.3) is 0 Å². The predicted molar refractivity (Wildman–Crippen MR) is 72.0 cm³/mol. The van der Waals surface area contributed by atoms with Crippen molar-refractivity contribution < 1.29 is 17.6 Å². The molecule has 1 aromatic carbocycles. The van der Waals surface area contributed by atoms with Gasteiger partial charge < -0.3 is 5.32 Å². The molecule has 5 heteroatoms. The number of rotatable bonds is 7. The zero-order valence-electron chi connectivity index (χ0n) is 11.9. The molecule has 1 aromatic rings. The summed E-state index contributed by atoms with van der Waals surface area (Å²) in [7, 11) is 0. The van der Waals surface area contributed by atoms with E-state index >= 15 is 0 Å². The maximum atomic E-state index is 13.1. The van der Waals surface area contributed by atoms with Crippen LogP contribution in [0.3, 0.4) is 0 Å². The minimum atomic E-state index is -4.63. The average molecular weight is 291 g/mol. The van der Waals surface area contributed by atoms with E-state index in [1.807, 2.05) is 0 Å². The second kappa shape index (κ2) is 7.62. The van der Waals surface area contributed by atoms with Crippen molar-refractivity contribution in [2.24, 2.45) is 5.92 Å². The Hall–Kier alpha value is -1.10. The third-order valence-corrected chi connectivity index (χ3v) is 2.96. The van der Waals surface area contributed by atoms with Crippen LogP contribution in [0.25, 0.3) is 0 Å². The van der Waals surface area contributed by atoms with E-state index in [-0.39, 0.29) is 0 Å². The Morgan fingerprint density at radius 2 is 1.85 bits per heavy atom. The van der Waals surface area contributed by atoms with Gasteiger partial charge in [-0.3, -0.25) is 0 Å². The number of alkyl halides is 3. The number of nitrogens with one attached hydrogen (secondary N) is 1. The van der Waals surface area contributed by atoms with E-state index in [1.165, 1.54) is 6.07 Å². The highest BCUT2D eigenvalue weighted by Gasteiger charge is 2.34. The van der Waals surface area contributed by atoms with Crippen LogP contribution in [0.5, 0.6) is 0 Å². The summed E-state index contributed by atoms with van der Waals surface area (Å²) in [6, 6.07) is 3.23. The average Bonchev–Trinajstić information content (AvgIpc) is 2.33. The van der Waals surface area contributed by atoms with Crippen LogP contribution >= 0.6 is 0 Å². The van der Waals surface area contributed by atoms with Gasteiger partial charge in [0, 0.05) is 0 Å². The van der Waals surface area contributed by atoms with Gasteiger partial charge in [-0.15, -0.1) is 0 Å². The first-order valence-corrected chi connectivity index (χ1v) is 6.87. The van der Waals surface area contributed by atoms with E-state index in [0.29, 0.717) is 17.9 Å². The first-order valence-electron chi connectivity index (χ1n) is 6.87. The highest BCUT2D eigenvalue weighted by molar-refractivity contribution is 5.27. The normalized spacial score (nSPS) is 12.2. The maximum absolute atomic E-state index is 13.1. The zero-order chi connectivity index (χ0) is 15.2. The summed E-state index contributed by atoms with van der Waals surface area (Å²) in [5.41, 5.74) is -0.643. The second-order valence-corrected chi connectivity index (χ2v) is 5.37. The van der Waals surface area contributed by atoms with Crippen molar-refractivity contribution in [1.82, 2.24) is 5.32 Å². The summed E-state index contributed by atoms with van der Waals surface area (Å²) in [6.45, 7) is 6.02. The van der Waals surface area contributed by atoms with Crippen LogP contribution in [0.2, 0.25) is 0 Å². The Bertz CT molecular complexity index is 413. The molecule has 1 nitrogen and oxygen atoms in total. The van der Waals surface area contributed by atoms with Crippen molar-refractivity contribution in [3.05, 3.63) is 35.1 Å². The van der Waals surface area contributed by atoms with E-state index in [2.05, 4.69) is 19.2 Å². The largest absolute Gasteiger partial charge is 0.419 e. The summed E-state index contributed by atoms with van der Waals surface area (Å²) in [4.78, 5) is 0. The van der Waals surface area contributed by atoms with Crippen molar-refractivity contribution in [3.8, 4) is 0 Å². The molecule has 0 saturated carbocycles. The van der Waals surface area contributed by atoms with Crippen molar-refractivity contribution in [1.29, 1.82) is 0 Å². The van der Waals surface area contributed by atoms with Crippen LogP contribution in [0.15, 0.2) is 18.2 Å². The van der Waals surface area contributed by atoms with Gasteiger partial charge in [-0.25, -0.2) is 4.39 Å². The molecule has 0 atom stereocenters. The summed E-state index contributed by atoms with van der Waals surface area (Å²) in [5.74, 6) is -0.624. The fraction of sp³-hybridized carbons (Fsp3) is 0.600. The van der Waals surface area contributed by atoms with Gasteiger partial charge in [0.1, 0.15) is 5.82 Å². The van der Waals surface area contributed by atoms with Crippen LogP contribution in [0.4, 0.5) is 17.6 Å². The molecule has 0 amide bonds. The number of halogens is 4. The lowest BCUT2D eigenvalue weighted by atomic mass is 10.0. The molecule has 0 fully saturated rings. The maximum Gasteiger partial charge on any atom is 0.419 e. The minimum absolute atomic E-state index is 0.530. The smallest absolute Gasteiger partial charge is 0.316 e. The van der Waals surface area contributed by atoms with E-state index in [9.17, 15) is 17.6 Å². The molecule has 0 saturated heterocycles. The van der Waals surface area contributed by atoms with E-state index in [1.54, 1.807) is 0 Å². The SMILES string of the molecule is CC(C)CNCCCCc1ccc(F)c(C(F)(F)F)c1. The van der Waals surface area contributed by atoms with Gasteiger partial charge in [0.15, 0.2) is 0 Å². The fourth-order valence-electron chi connectivity index (χ4n) is 1.92. The Balaban J connectivity index is 2.41. The van der Waals surface area contributed by atoms with E-state index in [4.69, 9.17) is 0 Å². The molecular weight excluding hydrogens is 270 g/mol. The first kappa shape index (κ1) is 17.0. The molecule has 1 N–H and O–H groups in total. The van der Waals surface area contributed by atoms with Crippen LogP contribution in [-0.4, -0.2) is 13.1 Å². The van der Waals surface area contributed by atoms with Crippen LogP contribution in [0.1, 0.15) is 37.8 Å². The van der Waals surface area contributed by atoms with Gasteiger partial charge in [-0.1, -0.05) is 19.9 Å². The van der Waals surface area contributed by atoms with Crippen molar-refractivity contribution >= 4 is 0 Å². The van der Waals surface area contributed by atoms with Crippen LogP contribution in [0, 0.1) is 11.7 Å². The van der Waals surface area contributed by atoms with Crippen molar-refractivity contribution in [2.45, 2.75) is 39.3 Å². The van der Waals surface area contributed by atoms with Gasteiger partial charge in [-0.05, 0) is 56.0 Å². The third kappa shape index (κ3) is 5.90. The second-order valence-electron chi connectivity index (χ2n) is 5.37. The Morgan fingerprint density at radius 1 is 1.15 bits per heavy atom. The topological polar surface area (TPSA) is 12.0 Å². The lowest BCUT2D eigenvalue weighted by molar-refractivity contribution is -0.140. The molecule has 0 spiro atoms. The van der Waals surface area contributed by atoms with Crippen molar-refractivity contribution in [3.63, 3.8) is 0 Å². The summed E-state index contributed by atoms with van der Waals surface area (Å²) in [5, 5.41) is 3.28. The van der Waals surface area contributed by atoms with E-state index in [0.717, 1.165) is 38.1 Å². The molecule has 0 heterocycles. The number of benzene rings is 1. The molecule has 0 unspecified atom stereocenters. The number of hydrogen-bond acceptors (Lipinski definition) is 1. The fourth-order valence-corrected chi connectivity index (χ4v) is 1.92. The monoisotopic (exact) mass is 291 g/mol. The quantitative estimate of drug-likeness (QED) is 0.579. The lowest BCUT2D eigenvalue weighted by Crippen LogP contribution is -2.20. The van der Waals surface area contributed by atoms with Gasteiger partial charge in [-0.2, -0.15) is 13.2 Å².